The molecule has 0 fully saturated rings. The van der Waals surface area contributed by atoms with Gasteiger partial charge in [-0.2, -0.15) is 0 Å². The number of fused-ring (bicyclic) bond motifs is 1. The Balaban J connectivity index is 1.77. The number of benzene rings is 2. The van der Waals surface area contributed by atoms with Crippen LogP contribution < -0.4 is 10.2 Å². The molecule has 30 heavy (non-hydrogen) atoms. The molecule has 0 saturated carbocycles. The van der Waals surface area contributed by atoms with Gasteiger partial charge in [-0.05, 0) is 49.0 Å². The number of nitrogens with one attached hydrogen (secondary N) is 1. The van der Waals surface area contributed by atoms with Crippen molar-refractivity contribution in [3.63, 3.8) is 0 Å². The Morgan fingerprint density at radius 3 is 2.67 bits per heavy atom. The minimum Gasteiger partial charge on any atom is -0.353 e. The van der Waals surface area contributed by atoms with E-state index in [0.29, 0.717) is 16.5 Å². The second kappa shape index (κ2) is 10.7. The summed E-state index contributed by atoms with van der Waals surface area (Å²) in [7, 11) is 0. The highest BCUT2D eigenvalue weighted by Gasteiger charge is 2.30. The molecule has 1 heterocycles. The zero-order valence-electron chi connectivity index (χ0n) is 17.2. The standard InChI is InChI=1S/C23H26ClN3O2S/c1-3-26(4-2)13-12-25-22(28)16-27-19-10-5-6-11-20(19)30-21(23(27)29)15-17-8-7-9-18(24)14-17/h5-11,14-15H,3-4,12-13,16H2,1-2H3,(H,25,28)/b21-15+. The highest BCUT2D eigenvalue weighted by molar-refractivity contribution is 8.04. The summed E-state index contributed by atoms with van der Waals surface area (Å²) < 4.78 is 0. The normalized spacial score (nSPS) is 14.9. The molecule has 0 aromatic heterocycles. The summed E-state index contributed by atoms with van der Waals surface area (Å²) in [6.07, 6.45) is 1.82. The van der Waals surface area contributed by atoms with Crippen molar-refractivity contribution in [1.29, 1.82) is 0 Å². The molecule has 3 rings (SSSR count). The molecule has 0 aliphatic carbocycles. The molecule has 0 unspecified atom stereocenters. The number of amides is 2. The van der Waals surface area contributed by atoms with Crippen molar-refractivity contribution in [2.75, 3.05) is 37.6 Å². The topological polar surface area (TPSA) is 52.7 Å². The Hall–Kier alpha value is -2.28. The summed E-state index contributed by atoms with van der Waals surface area (Å²) in [5.41, 5.74) is 1.61. The van der Waals surface area contributed by atoms with Crippen LogP contribution in [0.4, 0.5) is 5.69 Å². The maximum atomic E-state index is 13.2. The average molecular weight is 444 g/mol. The van der Waals surface area contributed by atoms with Gasteiger partial charge in [-0.15, -0.1) is 0 Å². The van der Waals surface area contributed by atoms with E-state index in [1.165, 1.54) is 11.8 Å². The highest BCUT2D eigenvalue weighted by Crippen LogP contribution is 2.41. The van der Waals surface area contributed by atoms with E-state index >= 15 is 0 Å². The second-order valence-electron chi connectivity index (χ2n) is 6.90. The number of likely N-dealkylation sites (N-methyl/N-ethyl adjacent to an activating group) is 1. The molecular weight excluding hydrogens is 418 g/mol. The third kappa shape index (κ3) is 5.65. The molecule has 1 N–H and O–H groups in total. The average Bonchev–Trinajstić information content (AvgIpc) is 2.74. The minimum absolute atomic E-state index is 0.0124. The third-order valence-electron chi connectivity index (χ3n) is 4.92. The molecule has 0 saturated heterocycles. The van der Waals surface area contributed by atoms with Crippen molar-refractivity contribution in [3.8, 4) is 0 Å². The summed E-state index contributed by atoms with van der Waals surface area (Å²) in [6.45, 7) is 7.42. The van der Waals surface area contributed by atoms with Crippen LogP contribution in [-0.2, 0) is 9.59 Å². The second-order valence-corrected chi connectivity index (χ2v) is 8.42. The zero-order chi connectivity index (χ0) is 21.5. The van der Waals surface area contributed by atoms with Crippen LogP contribution in [0.25, 0.3) is 6.08 Å². The fraction of sp³-hybridized carbons (Fsp3) is 0.304. The molecule has 1 aliphatic heterocycles. The van der Waals surface area contributed by atoms with Gasteiger partial charge in [0, 0.05) is 23.0 Å². The number of halogens is 1. The van der Waals surface area contributed by atoms with E-state index in [1.807, 2.05) is 48.5 Å². The number of para-hydroxylation sites is 1. The van der Waals surface area contributed by atoms with Crippen molar-refractivity contribution in [3.05, 3.63) is 64.0 Å². The molecule has 5 nitrogen and oxygen atoms in total. The summed E-state index contributed by atoms with van der Waals surface area (Å²) in [5, 5.41) is 3.55. The molecule has 0 atom stereocenters. The van der Waals surface area contributed by atoms with Crippen LogP contribution >= 0.6 is 23.4 Å². The van der Waals surface area contributed by atoms with E-state index in [0.717, 1.165) is 35.8 Å². The minimum atomic E-state index is -0.183. The molecule has 2 aromatic rings. The van der Waals surface area contributed by atoms with Gasteiger partial charge in [-0.1, -0.05) is 61.5 Å². The van der Waals surface area contributed by atoms with E-state index < -0.39 is 0 Å². The van der Waals surface area contributed by atoms with Crippen LogP contribution in [0.2, 0.25) is 5.02 Å². The number of anilines is 1. The molecule has 0 radical (unpaired) electrons. The molecule has 1 aliphatic rings. The van der Waals surface area contributed by atoms with Crippen LogP contribution in [0, 0.1) is 0 Å². The number of thioether (sulfide) groups is 1. The first kappa shape index (κ1) is 22.4. The van der Waals surface area contributed by atoms with E-state index in [9.17, 15) is 9.59 Å². The number of hydrogen-bond acceptors (Lipinski definition) is 4. The van der Waals surface area contributed by atoms with Crippen LogP contribution in [-0.4, -0.2) is 49.4 Å². The van der Waals surface area contributed by atoms with Crippen molar-refractivity contribution >= 4 is 46.9 Å². The Kier molecular flexibility index (Phi) is 7.96. The monoisotopic (exact) mass is 443 g/mol. The van der Waals surface area contributed by atoms with Crippen LogP contribution in [0.3, 0.4) is 0 Å². The Labute approximate surface area is 187 Å². The van der Waals surface area contributed by atoms with Crippen molar-refractivity contribution in [1.82, 2.24) is 10.2 Å². The first-order valence-corrected chi connectivity index (χ1v) is 11.3. The first-order valence-electron chi connectivity index (χ1n) is 10.1. The molecule has 7 heteroatoms. The maximum Gasteiger partial charge on any atom is 0.265 e. The lowest BCUT2D eigenvalue weighted by molar-refractivity contribution is -0.122. The van der Waals surface area contributed by atoms with Gasteiger partial charge in [-0.25, -0.2) is 0 Å². The Morgan fingerprint density at radius 2 is 1.93 bits per heavy atom. The van der Waals surface area contributed by atoms with Gasteiger partial charge in [0.25, 0.3) is 5.91 Å². The number of carbonyl (C=O) groups excluding carboxylic acids is 2. The fourth-order valence-electron chi connectivity index (χ4n) is 3.26. The number of nitrogens with zero attached hydrogens (tertiary/aromatic N) is 2. The quantitative estimate of drug-likeness (QED) is 0.619. The summed E-state index contributed by atoms with van der Waals surface area (Å²) in [5.74, 6) is -0.350. The predicted molar refractivity (Wildman–Crippen MR) is 125 cm³/mol. The van der Waals surface area contributed by atoms with E-state index in [1.54, 1.807) is 11.0 Å². The van der Waals surface area contributed by atoms with Crippen molar-refractivity contribution in [2.24, 2.45) is 0 Å². The SMILES string of the molecule is CCN(CC)CCNC(=O)CN1C(=O)/C(=C\c2cccc(Cl)c2)Sc2ccccc21. The van der Waals surface area contributed by atoms with E-state index in [4.69, 9.17) is 11.6 Å². The number of carbonyl (C=O) groups is 2. The van der Waals surface area contributed by atoms with Crippen molar-refractivity contribution < 1.29 is 9.59 Å². The van der Waals surface area contributed by atoms with Gasteiger partial charge in [0.2, 0.25) is 5.91 Å². The van der Waals surface area contributed by atoms with Crippen molar-refractivity contribution in [2.45, 2.75) is 18.7 Å². The van der Waals surface area contributed by atoms with Gasteiger partial charge >= 0.3 is 0 Å². The van der Waals surface area contributed by atoms with Crippen LogP contribution in [0.5, 0.6) is 0 Å². The third-order valence-corrected chi connectivity index (χ3v) is 6.24. The Morgan fingerprint density at radius 1 is 1.17 bits per heavy atom. The summed E-state index contributed by atoms with van der Waals surface area (Å²) >= 11 is 7.49. The Bertz CT molecular complexity index is 944. The smallest absolute Gasteiger partial charge is 0.265 e. The predicted octanol–water partition coefficient (Wildman–Crippen LogP) is 4.28. The lowest BCUT2D eigenvalue weighted by Gasteiger charge is -2.30. The lowest BCUT2D eigenvalue weighted by Crippen LogP contribution is -2.44. The summed E-state index contributed by atoms with van der Waals surface area (Å²) in [6, 6.07) is 15.0. The van der Waals surface area contributed by atoms with Gasteiger partial charge < -0.3 is 10.2 Å². The lowest BCUT2D eigenvalue weighted by atomic mass is 10.2. The maximum absolute atomic E-state index is 13.2. The highest BCUT2D eigenvalue weighted by atomic mass is 35.5. The van der Waals surface area contributed by atoms with Crippen LogP contribution in [0.15, 0.2) is 58.3 Å². The number of rotatable bonds is 8. The van der Waals surface area contributed by atoms with Gasteiger partial charge in [-0.3, -0.25) is 14.5 Å². The molecular formula is C23H26ClN3O2S. The van der Waals surface area contributed by atoms with Gasteiger partial charge in [0.15, 0.2) is 0 Å². The molecule has 0 bridgehead atoms. The fourth-order valence-corrected chi connectivity index (χ4v) is 4.52. The molecule has 158 valence electrons. The van der Waals surface area contributed by atoms with E-state index in [-0.39, 0.29) is 18.4 Å². The number of hydrogen-bond donors (Lipinski definition) is 1. The summed E-state index contributed by atoms with van der Waals surface area (Å²) in [4.78, 5) is 31.1. The van der Waals surface area contributed by atoms with Gasteiger partial charge in [0.05, 0.1) is 10.6 Å². The van der Waals surface area contributed by atoms with E-state index in [2.05, 4.69) is 24.1 Å². The zero-order valence-corrected chi connectivity index (χ0v) is 18.8. The largest absolute Gasteiger partial charge is 0.353 e. The first-order chi connectivity index (χ1) is 14.5. The molecule has 2 amide bonds. The van der Waals surface area contributed by atoms with Crippen LogP contribution in [0.1, 0.15) is 19.4 Å². The van der Waals surface area contributed by atoms with Gasteiger partial charge in [0.1, 0.15) is 6.54 Å². The molecule has 0 spiro atoms. The molecule has 2 aromatic carbocycles.